The molecule has 0 saturated carbocycles. The molecule has 0 atom stereocenters. The number of aromatic nitrogens is 1. The van der Waals surface area contributed by atoms with Gasteiger partial charge in [0.05, 0.1) is 27.0 Å². The summed E-state index contributed by atoms with van der Waals surface area (Å²) in [6, 6.07) is 16.7. The Bertz CT molecular complexity index is 989. The van der Waals surface area contributed by atoms with Crippen LogP contribution in [0, 0.1) is 0 Å². The summed E-state index contributed by atoms with van der Waals surface area (Å²) >= 11 is 0. The largest absolute Gasteiger partial charge is 0.493 e. The smallest absolute Gasteiger partial charge is 0.211 e. The fraction of sp³-hybridized carbons (Fsp3) is 0.217. The first kappa shape index (κ1) is 20.2. The van der Waals surface area contributed by atoms with Gasteiger partial charge in [0.15, 0.2) is 11.5 Å². The molecule has 3 rings (SSSR count). The van der Waals surface area contributed by atoms with Crippen molar-refractivity contribution in [3.63, 3.8) is 0 Å². The van der Waals surface area contributed by atoms with Crippen molar-refractivity contribution in [2.45, 2.75) is 0 Å². The van der Waals surface area contributed by atoms with E-state index in [1.165, 1.54) is 21.3 Å². The van der Waals surface area contributed by atoms with Crippen molar-refractivity contribution in [3.05, 3.63) is 65.9 Å². The lowest BCUT2D eigenvalue weighted by atomic mass is 10.0. The third kappa shape index (κ3) is 4.16. The molecule has 3 aromatic rings. The first-order valence-electron chi connectivity index (χ1n) is 9.08. The molecule has 0 aliphatic carbocycles. The second-order valence-corrected chi connectivity index (χ2v) is 6.59. The first-order valence-corrected chi connectivity index (χ1v) is 9.08. The van der Waals surface area contributed by atoms with Crippen LogP contribution in [0.15, 0.2) is 54.6 Å². The van der Waals surface area contributed by atoms with Crippen LogP contribution >= 0.6 is 0 Å². The average molecular weight is 392 g/mol. The fourth-order valence-corrected chi connectivity index (χ4v) is 3.01. The fourth-order valence-electron chi connectivity index (χ4n) is 3.01. The molecule has 0 fully saturated rings. The number of nitrogens with zero attached hydrogens (tertiary/aromatic N) is 2. The maximum atomic E-state index is 13.1. The second-order valence-electron chi connectivity index (χ2n) is 6.59. The number of carbonyl (C=O) groups excluding carboxylic acids is 1. The Balaban J connectivity index is 1.97. The molecule has 29 heavy (non-hydrogen) atoms. The van der Waals surface area contributed by atoms with Crippen LogP contribution in [0.3, 0.4) is 0 Å². The van der Waals surface area contributed by atoms with E-state index in [4.69, 9.17) is 14.2 Å². The number of ether oxygens (including phenoxy) is 3. The molecule has 0 radical (unpaired) electrons. The van der Waals surface area contributed by atoms with Crippen LogP contribution in [0.5, 0.6) is 17.2 Å². The number of hydrogen-bond acceptors (Lipinski definition) is 6. The zero-order valence-electron chi connectivity index (χ0n) is 17.2. The molecule has 0 spiro atoms. The molecule has 150 valence electrons. The zero-order chi connectivity index (χ0) is 21.0. The third-order valence-electron chi connectivity index (χ3n) is 4.59. The molecule has 0 aliphatic heterocycles. The molecule has 0 bridgehead atoms. The van der Waals surface area contributed by atoms with Crippen LogP contribution < -0.4 is 19.1 Å². The van der Waals surface area contributed by atoms with E-state index in [0.717, 1.165) is 16.9 Å². The minimum atomic E-state index is -0.226. The maximum Gasteiger partial charge on any atom is 0.211 e. The number of pyridine rings is 1. The van der Waals surface area contributed by atoms with Crippen LogP contribution in [0.1, 0.15) is 16.1 Å². The number of methoxy groups -OCH3 is 3. The van der Waals surface area contributed by atoms with E-state index in [-0.39, 0.29) is 5.78 Å². The Morgan fingerprint density at radius 3 is 2.00 bits per heavy atom. The molecule has 2 aromatic carbocycles. The van der Waals surface area contributed by atoms with Gasteiger partial charge in [0.25, 0.3) is 0 Å². The van der Waals surface area contributed by atoms with Crippen molar-refractivity contribution in [1.29, 1.82) is 0 Å². The Kier molecular flexibility index (Phi) is 6.02. The number of carbonyl (C=O) groups is 1. The van der Waals surface area contributed by atoms with E-state index in [1.54, 1.807) is 18.2 Å². The highest BCUT2D eigenvalue weighted by molar-refractivity contribution is 6.08. The molecule has 1 aromatic heterocycles. The van der Waals surface area contributed by atoms with Crippen molar-refractivity contribution in [1.82, 2.24) is 4.98 Å². The lowest BCUT2D eigenvalue weighted by molar-refractivity contribution is 0.103. The zero-order valence-corrected chi connectivity index (χ0v) is 17.2. The van der Waals surface area contributed by atoms with E-state index in [2.05, 4.69) is 4.98 Å². The van der Waals surface area contributed by atoms with Gasteiger partial charge in [-0.3, -0.25) is 4.79 Å². The molecule has 0 unspecified atom stereocenters. The van der Waals surface area contributed by atoms with Gasteiger partial charge in [-0.2, -0.15) is 0 Å². The van der Waals surface area contributed by atoms with Crippen LogP contribution in [-0.4, -0.2) is 46.2 Å². The molecule has 1 heterocycles. The first-order chi connectivity index (χ1) is 14.0. The van der Waals surface area contributed by atoms with Gasteiger partial charge >= 0.3 is 0 Å². The van der Waals surface area contributed by atoms with Gasteiger partial charge in [0, 0.05) is 30.9 Å². The number of rotatable bonds is 7. The van der Waals surface area contributed by atoms with E-state index >= 15 is 0 Å². The third-order valence-corrected chi connectivity index (χ3v) is 4.59. The summed E-state index contributed by atoms with van der Waals surface area (Å²) in [6.07, 6.45) is 0. The number of ketones is 1. The van der Waals surface area contributed by atoms with Crippen LogP contribution in [-0.2, 0) is 0 Å². The van der Waals surface area contributed by atoms with Gasteiger partial charge in [0.1, 0.15) is 5.69 Å². The van der Waals surface area contributed by atoms with Gasteiger partial charge in [-0.25, -0.2) is 4.98 Å². The number of benzene rings is 2. The molecule has 0 saturated heterocycles. The Morgan fingerprint density at radius 2 is 1.48 bits per heavy atom. The molecule has 0 amide bonds. The molecule has 0 N–H and O–H groups in total. The van der Waals surface area contributed by atoms with E-state index in [9.17, 15) is 4.79 Å². The summed E-state index contributed by atoms with van der Waals surface area (Å²) in [6.45, 7) is 0. The Labute approximate surface area is 170 Å². The lowest BCUT2D eigenvalue weighted by Crippen LogP contribution is -2.08. The molecular weight excluding hydrogens is 368 g/mol. The van der Waals surface area contributed by atoms with Gasteiger partial charge in [0.2, 0.25) is 11.5 Å². The highest BCUT2D eigenvalue weighted by Crippen LogP contribution is 2.38. The molecular formula is C23H24N2O4. The standard InChI is InChI=1S/C23H24N2O4/c1-25(2)17-11-9-15(10-12-17)18-7-6-8-19(24-18)22(26)16-13-20(27-3)23(29-5)21(14-16)28-4/h6-14H,1-5H3. The van der Waals surface area contributed by atoms with Crippen LogP contribution in [0.4, 0.5) is 5.69 Å². The maximum absolute atomic E-state index is 13.1. The van der Waals surface area contributed by atoms with Crippen molar-refractivity contribution < 1.29 is 19.0 Å². The molecule has 6 heteroatoms. The number of anilines is 1. The minimum Gasteiger partial charge on any atom is -0.493 e. The van der Waals surface area contributed by atoms with Gasteiger partial charge < -0.3 is 19.1 Å². The minimum absolute atomic E-state index is 0.226. The van der Waals surface area contributed by atoms with E-state index < -0.39 is 0 Å². The summed E-state index contributed by atoms with van der Waals surface area (Å²) in [7, 11) is 8.53. The average Bonchev–Trinajstić information content (AvgIpc) is 2.77. The Morgan fingerprint density at radius 1 is 0.862 bits per heavy atom. The number of hydrogen-bond donors (Lipinski definition) is 0. The normalized spacial score (nSPS) is 10.4. The van der Waals surface area contributed by atoms with Crippen molar-refractivity contribution in [3.8, 4) is 28.5 Å². The summed E-state index contributed by atoms with van der Waals surface area (Å²) in [5.41, 5.74) is 3.52. The SMILES string of the molecule is COc1cc(C(=O)c2cccc(-c3ccc(N(C)C)cc3)n2)cc(OC)c1OC. The predicted molar refractivity (Wildman–Crippen MR) is 114 cm³/mol. The summed E-state index contributed by atoms with van der Waals surface area (Å²) in [5.74, 6) is 1.06. The van der Waals surface area contributed by atoms with Crippen molar-refractivity contribution in [2.24, 2.45) is 0 Å². The van der Waals surface area contributed by atoms with Crippen molar-refractivity contribution >= 4 is 11.5 Å². The molecule has 0 aliphatic rings. The lowest BCUT2D eigenvalue weighted by Gasteiger charge is -2.14. The van der Waals surface area contributed by atoms with E-state index in [0.29, 0.717) is 28.5 Å². The van der Waals surface area contributed by atoms with E-state index in [1.807, 2.05) is 55.4 Å². The highest BCUT2D eigenvalue weighted by Gasteiger charge is 2.19. The summed E-state index contributed by atoms with van der Waals surface area (Å²) in [4.78, 5) is 19.7. The van der Waals surface area contributed by atoms with Crippen LogP contribution in [0.2, 0.25) is 0 Å². The Hall–Kier alpha value is -3.54. The summed E-state index contributed by atoms with van der Waals surface area (Å²) in [5, 5.41) is 0. The van der Waals surface area contributed by atoms with Gasteiger partial charge in [-0.1, -0.05) is 18.2 Å². The van der Waals surface area contributed by atoms with Gasteiger partial charge in [-0.05, 0) is 36.4 Å². The monoisotopic (exact) mass is 392 g/mol. The van der Waals surface area contributed by atoms with Crippen LogP contribution in [0.25, 0.3) is 11.3 Å². The molecule has 6 nitrogen and oxygen atoms in total. The van der Waals surface area contributed by atoms with Gasteiger partial charge in [-0.15, -0.1) is 0 Å². The quantitative estimate of drug-likeness (QED) is 0.565. The second kappa shape index (κ2) is 8.65. The highest BCUT2D eigenvalue weighted by atomic mass is 16.5. The summed E-state index contributed by atoms with van der Waals surface area (Å²) < 4.78 is 16.0. The topological polar surface area (TPSA) is 60.9 Å². The predicted octanol–water partition coefficient (Wildman–Crippen LogP) is 4.07. The van der Waals surface area contributed by atoms with Crippen molar-refractivity contribution in [2.75, 3.05) is 40.3 Å².